The quantitative estimate of drug-likeness (QED) is 0.791. The van der Waals surface area contributed by atoms with Crippen molar-refractivity contribution in [3.05, 3.63) is 35.4 Å². The smallest absolute Gasteiger partial charge is 0.256 e. The van der Waals surface area contributed by atoms with Gasteiger partial charge in [-0.25, -0.2) is 0 Å². The largest absolute Gasteiger partial charge is 0.353 e. The van der Waals surface area contributed by atoms with Crippen LogP contribution in [-0.2, 0) is 9.53 Å². The lowest BCUT2D eigenvalue weighted by Gasteiger charge is -2.43. The number of benzene rings is 1. The van der Waals surface area contributed by atoms with E-state index in [1.807, 2.05) is 31.2 Å². The molecule has 0 radical (unpaired) electrons. The van der Waals surface area contributed by atoms with E-state index in [2.05, 4.69) is 26.3 Å². The number of rotatable bonds is 5. The Bertz CT molecular complexity index is 693. The van der Waals surface area contributed by atoms with E-state index < -0.39 is 11.8 Å². The number of aryl methyl sites for hydroxylation is 1. The maximum Gasteiger partial charge on any atom is 0.256 e. The number of amides is 2. The molecule has 1 spiro atoms. The standard InChI is InChI=1S/C22H33N3O3/c1-16-5-7-18(8-6-16)21(27)25-19(20(26)23-13-14-24(3)4)15-28-22(25)11-9-17(2)10-12-22/h5-8,17,19H,9-15H2,1-4H3,(H,23,26)/p+1/t17?,19-,22?/m1/s1. The summed E-state index contributed by atoms with van der Waals surface area (Å²) in [6.45, 7) is 5.94. The maximum absolute atomic E-state index is 13.5. The van der Waals surface area contributed by atoms with Gasteiger partial charge in [0.2, 0.25) is 5.91 Å². The second-order valence-electron chi connectivity index (χ2n) is 8.74. The maximum atomic E-state index is 13.5. The van der Waals surface area contributed by atoms with Crippen molar-refractivity contribution in [2.45, 2.75) is 51.3 Å². The molecule has 1 saturated heterocycles. The molecule has 1 aliphatic heterocycles. The van der Waals surface area contributed by atoms with Crippen LogP contribution in [-0.4, -0.2) is 62.3 Å². The molecule has 1 aromatic rings. The van der Waals surface area contributed by atoms with Crippen LogP contribution in [0.5, 0.6) is 0 Å². The summed E-state index contributed by atoms with van der Waals surface area (Å²) in [5, 5.41) is 3.00. The first-order valence-corrected chi connectivity index (χ1v) is 10.4. The van der Waals surface area contributed by atoms with Crippen LogP contribution in [0.25, 0.3) is 0 Å². The second kappa shape index (κ2) is 8.62. The Kier molecular flexibility index (Phi) is 6.40. The molecule has 1 aliphatic carbocycles. The summed E-state index contributed by atoms with van der Waals surface area (Å²) in [5.41, 5.74) is 1.07. The molecule has 154 valence electrons. The molecule has 28 heavy (non-hydrogen) atoms. The number of likely N-dealkylation sites (N-methyl/N-ethyl adjacent to an activating group) is 1. The number of hydrogen-bond donors (Lipinski definition) is 2. The normalized spacial score (nSPS) is 27.4. The second-order valence-corrected chi connectivity index (χ2v) is 8.74. The molecular weight excluding hydrogens is 354 g/mol. The van der Waals surface area contributed by atoms with Crippen molar-refractivity contribution < 1.29 is 19.2 Å². The fraction of sp³-hybridized carbons (Fsp3) is 0.636. The third kappa shape index (κ3) is 4.39. The average Bonchev–Trinajstić information content (AvgIpc) is 3.03. The summed E-state index contributed by atoms with van der Waals surface area (Å²) in [7, 11) is 4.10. The van der Waals surface area contributed by atoms with E-state index in [9.17, 15) is 9.59 Å². The minimum absolute atomic E-state index is 0.106. The number of carbonyl (C=O) groups is 2. The Balaban J connectivity index is 1.83. The first kappa shape index (κ1) is 20.8. The Morgan fingerprint density at radius 2 is 1.86 bits per heavy atom. The van der Waals surface area contributed by atoms with Crippen LogP contribution in [0, 0.1) is 12.8 Å². The van der Waals surface area contributed by atoms with Gasteiger partial charge in [0.15, 0.2) is 0 Å². The number of quaternary nitrogens is 1. The van der Waals surface area contributed by atoms with Crippen molar-refractivity contribution in [2.75, 3.05) is 33.8 Å². The molecule has 2 fully saturated rings. The van der Waals surface area contributed by atoms with Crippen molar-refractivity contribution in [1.29, 1.82) is 0 Å². The highest BCUT2D eigenvalue weighted by Gasteiger charge is 2.53. The molecule has 1 heterocycles. The predicted octanol–water partition coefficient (Wildman–Crippen LogP) is 1.00. The summed E-state index contributed by atoms with van der Waals surface area (Å²) >= 11 is 0. The monoisotopic (exact) mass is 388 g/mol. The van der Waals surface area contributed by atoms with Crippen LogP contribution in [0.1, 0.15) is 48.5 Å². The van der Waals surface area contributed by atoms with Gasteiger partial charge >= 0.3 is 0 Å². The Morgan fingerprint density at radius 3 is 2.46 bits per heavy atom. The predicted molar refractivity (Wildman–Crippen MR) is 108 cm³/mol. The Labute approximate surface area is 168 Å². The van der Waals surface area contributed by atoms with E-state index in [1.165, 1.54) is 4.90 Å². The van der Waals surface area contributed by atoms with Crippen LogP contribution in [0.15, 0.2) is 24.3 Å². The van der Waals surface area contributed by atoms with Crippen molar-refractivity contribution in [1.82, 2.24) is 10.2 Å². The fourth-order valence-electron chi connectivity index (χ4n) is 4.17. The lowest BCUT2D eigenvalue weighted by Crippen LogP contribution is -3.06. The molecule has 0 unspecified atom stereocenters. The summed E-state index contributed by atoms with van der Waals surface area (Å²) < 4.78 is 6.21. The van der Waals surface area contributed by atoms with Gasteiger partial charge < -0.3 is 15.0 Å². The van der Waals surface area contributed by atoms with E-state index in [0.717, 1.165) is 37.8 Å². The number of nitrogens with zero attached hydrogens (tertiary/aromatic N) is 1. The van der Waals surface area contributed by atoms with E-state index in [1.54, 1.807) is 4.90 Å². The van der Waals surface area contributed by atoms with Crippen molar-refractivity contribution in [2.24, 2.45) is 5.92 Å². The zero-order valence-corrected chi connectivity index (χ0v) is 17.6. The third-order valence-corrected chi connectivity index (χ3v) is 6.06. The van der Waals surface area contributed by atoms with E-state index in [0.29, 0.717) is 18.0 Å². The van der Waals surface area contributed by atoms with Crippen LogP contribution in [0.2, 0.25) is 0 Å². The molecule has 1 atom stereocenters. The lowest BCUT2D eigenvalue weighted by molar-refractivity contribution is -0.856. The third-order valence-electron chi connectivity index (χ3n) is 6.06. The van der Waals surface area contributed by atoms with Gasteiger partial charge in [-0.15, -0.1) is 0 Å². The van der Waals surface area contributed by atoms with Crippen molar-refractivity contribution in [3.63, 3.8) is 0 Å². The molecule has 6 nitrogen and oxygen atoms in total. The van der Waals surface area contributed by atoms with Crippen molar-refractivity contribution >= 4 is 11.8 Å². The first-order chi connectivity index (χ1) is 13.3. The number of ether oxygens (including phenoxy) is 1. The van der Waals surface area contributed by atoms with Gasteiger partial charge in [0.1, 0.15) is 11.8 Å². The summed E-state index contributed by atoms with van der Waals surface area (Å²) in [4.78, 5) is 29.4. The molecular formula is C22H34N3O3+. The number of nitrogens with one attached hydrogen (secondary N) is 2. The molecule has 0 bridgehead atoms. The molecule has 2 N–H and O–H groups in total. The Hall–Kier alpha value is -1.92. The zero-order valence-electron chi connectivity index (χ0n) is 17.6. The van der Waals surface area contributed by atoms with Gasteiger partial charge in [0.05, 0.1) is 33.8 Å². The number of carbonyl (C=O) groups excluding carboxylic acids is 2. The minimum atomic E-state index is -0.650. The lowest BCUT2D eigenvalue weighted by atomic mass is 9.83. The van der Waals surface area contributed by atoms with Crippen molar-refractivity contribution in [3.8, 4) is 0 Å². The van der Waals surface area contributed by atoms with Crippen LogP contribution < -0.4 is 10.2 Å². The molecule has 1 aromatic carbocycles. The summed E-state index contributed by atoms with van der Waals surface area (Å²) in [6.07, 6.45) is 3.60. The topological polar surface area (TPSA) is 63.1 Å². The molecule has 2 aliphatic rings. The average molecular weight is 389 g/mol. The van der Waals surface area contributed by atoms with E-state index in [-0.39, 0.29) is 18.4 Å². The highest BCUT2D eigenvalue weighted by molar-refractivity contribution is 5.98. The fourth-order valence-corrected chi connectivity index (χ4v) is 4.17. The zero-order chi connectivity index (χ0) is 20.3. The molecule has 1 saturated carbocycles. The summed E-state index contributed by atoms with van der Waals surface area (Å²) in [5.74, 6) is 0.407. The van der Waals surface area contributed by atoms with Crippen LogP contribution in [0.4, 0.5) is 0 Å². The van der Waals surface area contributed by atoms with E-state index in [4.69, 9.17) is 4.74 Å². The molecule has 2 amide bonds. The Morgan fingerprint density at radius 1 is 1.21 bits per heavy atom. The van der Waals surface area contributed by atoms with Gasteiger partial charge in [-0.3, -0.25) is 14.5 Å². The molecule has 0 aromatic heterocycles. The first-order valence-electron chi connectivity index (χ1n) is 10.4. The van der Waals surface area contributed by atoms with Crippen LogP contribution >= 0.6 is 0 Å². The van der Waals surface area contributed by atoms with Gasteiger partial charge in [-0.2, -0.15) is 0 Å². The highest BCUT2D eigenvalue weighted by Crippen LogP contribution is 2.43. The van der Waals surface area contributed by atoms with Gasteiger partial charge in [-0.05, 0) is 50.7 Å². The minimum Gasteiger partial charge on any atom is -0.353 e. The van der Waals surface area contributed by atoms with Crippen LogP contribution in [0.3, 0.4) is 0 Å². The summed E-state index contributed by atoms with van der Waals surface area (Å²) in [6, 6.07) is 7.00. The van der Waals surface area contributed by atoms with E-state index >= 15 is 0 Å². The number of hydrogen-bond acceptors (Lipinski definition) is 3. The molecule has 6 heteroatoms. The van der Waals surface area contributed by atoms with Gasteiger partial charge in [-0.1, -0.05) is 24.6 Å². The van der Waals surface area contributed by atoms with Gasteiger partial charge in [0, 0.05) is 5.56 Å². The van der Waals surface area contributed by atoms with Gasteiger partial charge in [0.25, 0.3) is 5.91 Å². The molecule has 3 rings (SSSR count). The SMILES string of the molecule is Cc1ccc(C(=O)N2[C@@H](C(=O)NCC[NH+](C)C)COC23CCC(C)CC3)cc1. The highest BCUT2D eigenvalue weighted by atomic mass is 16.5.